The molecule has 0 aromatic heterocycles. The molecular formula is C50H46Br4Mn4O14P2. The number of phenols is 2. The maximum atomic E-state index is 10.5. The summed E-state index contributed by atoms with van der Waals surface area (Å²) in [4.78, 5) is 0. The molecule has 0 aliphatic rings. The quantitative estimate of drug-likeness (QED) is 0.0737. The predicted molar refractivity (Wildman–Crippen MR) is 280 cm³/mol. The van der Waals surface area contributed by atoms with Crippen LogP contribution in [0.2, 0.25) is 0 Å². The van der Waals surface area contributed by atoms with Gasteiger partial charge in [-0.3, -0.25) is 0 Å². The van der Waals surface area contributed by atoms with Crippen molar-refractivity contribution in [3.05, 3.63) is 242 Å². The van der Waals surface area contributed by atoms with Crippen LogP contribution in [0.25, 0.3) is 0 Å². The summed E-state index contributed by atoms with van der Waals surface area (Å²) >= 11 is -10.1. The molecule has 14 nitrogen and oxygen atoms in total. The van der Waals surface area contributed by atoms with Crippen molar-refractivity contribution in [2.45, 2.75) is 12.3 Å². The van der Waals surface area contributed by atoms with E-state index >= 15 is 0 Å². The monoisotopic (exact) mass is 1470 g/mol. The Kier molecular flexibility index (Phi) is 27.1. The van der Waals surface area contributed by atoms with Gasteiger partial charge in [0, 0.05) is 11.1 Å². The van der Waals surface area contributed by atoms with E-state index in [1.807, 2.05) is 92.8 Å². The standard InChI is InChI=1S/2C25H21OP.4BrH.4Mn.2H2O.10O/c2*26-25-19-11-10-12-21(25)20-27(22-13-4-1-5-14-22,23-15-6-2-7-16-23)24-17-8-3-9-18-24;;;;;;;;;;;;;;;;;;;;/h2*1-19H,20H2;4*1H;;;;;2*1H2;;;;;;;;;;/q;;;;;;2*+1;2*+2;;;;;;;;;;;2*-1/p-4. The second-order valence-electron chi connectivity index (χ2n) is 14.7. The van der Waals surface area contributed by atoms with Gasteiger partial charge in [0.05, 0.1) is 0 Å². The molecule has 0 bridgehead atoms. The number of rotatable bonds is 10. The Morgan fingerprint density at radius 2 is 0.446 bits per heavy atom. The van der Waals surface area contributed by atoms with E-state index < -0.39 is 59.4 Å². The van der Waals surface area contributed by atoms with Crippen molar-refractivity contribution in [3.8, 4) is 11.5 Å². The van der Waals surface area contributed by atoms with Crippen molar-refractivity contribution in [2.24, 2.45) is 0 Å². The van der Waals surface area contributed by atoms with Crippen molar-refractivity contribution >= 4 is 103 Å². The molecule has 8 aromatic rings. The fourth-order valence-electron chi connectivity index (χ4n) is 7.34. The van der Waals surface area contributed by atoms with E-state index in [0.29, 0.717) is 11.5 Å². The molecule has 0 spiro atoms. The zero-order chi connectivity index (χ0) is 55.1. The van der Waals surface area contributed by atoms with Gasteiger partial charge in [0.15, 0.2) is 0 Å². The van der Waals surface area contributed by atoms with E-state index in [2.05, 4.69) is 182 Å². The first-order valence-corrected chi connectivity index (χ1v) is 42.2. The molecule has 0 fully saturated rings. The first kappa shape index (κ1) is 64.7. The molecule has 8 rings (SSSR count). The van der Waals surface area contributed by atoms with Gasteiger partial charge < -0.3 is 10.2 Å². The maximum absolute atomic E-state index is 10.5. The van der Waals surface area contributed by atoms with Gasteiger partial charge in [0.25, 0.3) is 0 Å². The number of hydrogen-bond donors (Lipinski definition) is 4. The third kappa shape index (κ3) is 24.6. The molecule has 0 saturated heterocycles. The van der Waals surface area contributed by atoms with Crippen LogP contribution in [0.4, 0.5) is 0 Å². The molecule has 0 amide bonds. The first-order chi connectivity index (χ1) is 34.6. The molecular weight excluding hydrogens is 1430 g/mol. The SMILES string of the molecule is Oc1ccccc1C[P+](c1ccccc1)(c1ccccc1)c1ccccc1.Oc1ccccc1C[P+](c1ccccc1)(c1ccccc1)c1ccccc1.[O]=[Mn](=[O])([O-])[Br].[O]=[Mn](=[O])([O-])[Br].[O]=[Mn](=[O])([OH])[Br].[O]=[Mn](=[O])([OH])[Br]. The summed E-state index contributed by atoms with van der Waals surface area (Å²) in [5, 5.41) is 29.0. The van der Waals surface area contributed by atoms with Crippen LogP contribution >= 0.6 is 71.0 Å². The second kappa shape index (κ2) is 31.0. The summed E-state index contributed by atoms with van der Waals surface area (Å²) in [5.41, 5.74) is 1.98. The van der Waals surface area contributed by atoms with Crippen LogP contribution in [0.1, 0.15) is 11.1 Å². The molecule has 0 aliphatic carbocycles. The molecule has 0 unspecified atom stereocenters. The molecule has 0 radical (unpaired) electrons. The topological polar surface area (TPSA) is 264 Å². The molecule has 24 heteroatoms. The minimum atomic E-state index is -4.56. The van der Waals surface area contributed by atoms with Gasteiger partial charge in [0.2, 0.25) is 0 Å². The Morgan fingerprint density at radius 3 is 0.595 bits per heavy atom. The first-order valence-electron chi connectivity index (χ1n) is 20.7. The zero-order valence-electron chi connectivity index (χ0n) is 38.1. The molecule has 396 valence electrons. The Bertz CT molecular complexity index is 2890. The van der Waals surface area contributed by atoms with Crippen molar-refractivity contribution in [1.82, 2.24) is 0 Å². The molecule has 4 N–H and O–H groups in total. The van der Waals surface area contributed by atoms with Crippen molar-refractivity contribution in [3.63, 3.8) is 0 Å². The van der Waals surface area contributed by atoms with Gasteiger partial charge in [-0.2, -0.15) is 0 Å². The summed E-state index contributed by atoms with van der Waals surface area (Å²) in [6.07, 6.45) is 1.58. The van der Waals surface area contributed by atoms with Crippen LogP contribution in [-0.2, 0) is 87.9 Å². The average molecular weight is 1470 g/mol. The normalized spacial score (nSPS) is 11.4. The fourth-order valence-corrected chi connectivity index (χ4v) is 15.9. The van der Waals surface area contributed by atoms with Gasteiger partial charge in [-0.1, -0.05) is 146 Å². The number of phenolic OH excluding ortho intramolecular Hbond substituents is 2. The third-order valence-corrected chi connectivity index (χ3v) is 18.7. The van der Waals surface area contributed by atoms with Gasteiger partial charge in [-0.15, -0.1) is 0 Å². The third-order valence-electron chi connectivity index (χ3n) is 9.98. The summed E-state index contributed by atoms with van der Waals surface area (Å²) in [6, 6.07) is 79.9. The van der Waals surface area contributed by atoms with Crippen LogP contribution in [0, 0.1) is 0 Å². The van der Waals surface area contributed by atoms with E-state index in [4.69, 9.17) is 47.4 Å². The van der Waals surface area contributed by atoms with E-state index in [1.165, 1.54) is 31.8 Å². The van der Waals surface area contributed by atoms with Gasteiger partial charge in [-0.05, 0) is 84.9 Å². The summed E-state index contributed by atoms with van der Waals surface area (Å²) < 4.78 is 106. The van der Waals surface area contributed by atoms with Gasteiger partial charge in [0.1, 0.15) is 70.2 Å². The number of para-hydroxylation sites is 2. The van der Waals surface area contributed by atoms with E-state index in [1.54, 1.807) is 12.1 Å². The van der Waals surface area contributed by atoms with Gasteiger partial charge in [-0.25, -0.2) is 0 Å². The summed E-state index contributed by atoms with van der Waals surface area (Å²) in [6.45, 7) is 0. The molecule has 0 saturated carbocycles. The number of halogens is 4. The van der Waals surface area contributed by atoms with Crippen molar-refractivity contribution < 1.29 is 103 Å². The Morgan fingerprint density at radius 1 is 0.311 bits per heavy atom. The summed E-state index contributed by atoms with van der Waals surface area (Å²) in [7, 11) is -3.92. The van der Waals surface area contributed by atoms with Crippen LogP contribution in [-0.4, -0.2) is 18.6 Å². The second-order valence-corrected chi connectivity index (χ2v) is 38.6. The van der Waals surface area contributed by atoms with Crippen molar-refractivity contribution in [2.75, 3.05) is 0 Å². The van der Waals surface area contributed by atoms with Crippen LogP contribution in [0.5, 0.6) is 11.5 Å². The Hall–Kier alpha value is -3.54. The number of hydrogen-bond acceptors (Lipinski definition) is 12. The Labute approximate surface area is 465 Å². The van der Waals surface area contributed by atoms with Crippen LogP contribution < -0.4 is 40.2 Å². The zero-order valence-corrected chi connectivity index (χ0v) is 51.0. The van der Waals surface area contributed by atoms with E-state index in [9.17, 15) is 10.2 Å². The number of aromatic hydroxyl groups is 2. The molecule has 0 atom stereocenters. The molecule has 8 aromatic carbocycles. The molecule has 0 aliphatic heterocycles. The number of benzene rings is 8. The van der Waals surface area contributed by atoms with Crippen LogP contribution in [0.3, 0.4) is 0 Å². The van der Waals surface area contributed by atoms with E-state index in [-0.39, 0.29) is 0 Å². The molecule has 0 heterocycles. The predicted octanol–water partition coefficient (Wildman–Crippen LogP) is 8.70. The average Bonchev–Trinajstić information content (AvgIpc) is 3.33. The van der Waals surface area contributed by atoms with Gasteiger partial charge >= 0.3 is 149 Å². The Balaban J connectivity index is 0.000000287. The molecule has 74 heavy (non-hydrogen) atoms. The van der Waals surface area contributed by atoms with Crippen LogP contribution in [0.15, 0.2) is 231 Å². The van der Waals surface area contributed by atoms with Crippen molar-refractivity contribution in [1.29, 1.82) is 0 Å². The fraction of sp³-hybridized carbons (Fsp3) is 0.0400. The minimum absolute atomic E-state index is 0.365. The summed E-state index contributed by atoms with van der Waals surface area (Å²) in [5.74, 6) is 0.731. The van der Waals surface area contributed by atoms with E-state index in [0.717, 1.165) is 23.5 Å².